The van der Waals surface area contributed by atoms with E-state index in [1.54, 1.807) is 0 Å². The van der Waals surface area contributed by atoms with Crippen molar-refractivity contribution in [3.63, 3.8) is 0 Å². The first kappa shape index (κ1) is 17.0. The van der Waals surface area contributed by atoms with E-state index in [1.165, 1.54) is 16.4 Å². The van der Waals surface area contributed by atoms with Gasteiger partial charge in [0.05, 0.1) is 0 Å². The van der Waals surface area contributed by atoms with Gasteiger partial charge in [-0.1, -0.05) is 58.8 Å². The van der Waals surface area contributed by atoms with E-state index >= 15 is 0 Å². The quantitative estimate of drug-likeness (QED) is 0.825. The SMILES string of the molecule is CCN(CC)Cc1cccc(C)c1Pc1cccc(C)c1O. The number of benzene rings is 2. The summed E-state index contributed by atoms with van der Waals surface area (Å²) in [5.74, 6) is 0.442. The minimum Gasteiger partial charge on any atom is -0.507 e. The molecule has 0 heterocycles. The van der Waals surface area contributed by atoms with Crippen molar-refractivity contribution in [2.24, 2.45) is 0 Å². The molecule has 22 heavy (non-hydrogen) atoms. The molecule has 1 unspecified atom stereocenters. The Morgan fingerprint density at radius 2 is 1.59 bits per heavy atom. The fourth-order valence-electron chi connectivity index (χ4n) is 2.62. The van der Waals surface area contributed by atoms with Crippen LogP contribution < -0.4 is 10.6 Å². The standard InChI is InChI=1S/C19H26NOP/c1-5-20(6-2)13-16-11-7-10-15(4)19(16)22-17-12-8-9-14(3)18(17)21/h7-12,21-22H,5-6,13H2,1-4H3. The van der Waals surface area contributed by atoms with Crippen LogP contribution in [0.2, 0.25) is 0 Å². The molecule has 1 atom stereocenters. The normalized spacial score (nSPS) is 11.7. The lowest BCUT2D eigenvalue weighted by molar-refractivity contribution is 0.296. The van der Waals surface area contributed by atoms with Crippen molar-refractivity contribution in [2.75, 3.05) is 13.1 Å². The molecule has 2 rings (SSSR count). The minimum atomic E-state index is 0.442. The predicted molar refractivity (Wildman–Crippen MR) is 98.2 cm³/mol. The predicted octanol–water partition coefficient (Wildman–Crippen LogP) is 3.48. The maximum Gasteiger partial charge on any atom is 0.126 e. The fraction of sp³-hybridized carbons (Fsp3) is 0.368. The van der Waals surface area contributed by atoms with Crippen LogP contribution in [0.1, 0.15) is 30.5 Å². The van der Waals surface area contributed by atoms with Gasteiger partial charge in [0, 0.05) is 11.8 Å². The first-order valence-electron chi connectivity index (χ1n) is 7.93. The number of rotatable bonds is 6. The molecule has 3 heteroatoms. The Balaban J connectivity index is 2.35. The summed E-state index contributed by atoms with van der Waals surface area (Å²) in [5.41, 5.74) is 3.63. The second-order valence-electron chi connectivity index (χ2n) is 5.67. The van der Waals surface area contributed by atoms with Crippen molar-refractivity contribution >= 4 is 19.2 Å². The van der Waals surface area contributed by atoms with E-state index in [0.717, 1.165) is 30.5 Å². The lowest BCUT2D eigenvalue weighted by Crippen LogP contribution is -2.25. The summed E-state index contributed by atoms with van der Waals surface area (Å²) in [5, 5.41) is 12.7. The summed E-state index contributed by atoms with van der Waals surface area (Å²) in [6, 6.07) is 12.5. The molecular weight excluding hydrogens is 289 g/mol. The molecule has 0 saturated carbocycles. The molecule has 0 saturated heterocycles. The molecule has 2 aromatic carbocycles. The Morgan fingerprint density at radius 3 is 2.27 bits per heavy atom. The molecule has 2 nitrogen and oxygen atoms in total. The van der Waals surface area contributed by atoms with Gasteiger partial charge in [-0.15, -0.1) is 0 Å². The lowest BCUT2D eigenvalue weighted by Gasteiger charge is -2.21. The molecule has 0 amide bonds. The van der Waals surface area contributed by atoms with Gasteiger partial charge in [-0.25, -0.2) is 0 Å². The molecule has 0 aliphatic heterocycles. The number of aromatic hydroxyl groups is 1. The molecule has 0 radical (unpaired) electrons. The molecule has 118 valence electrons. The summed E-state index contributed by atoms with van der Waals surface area (Å²) in [6.45, 7) is 11.6. The maximum absolute atomic E-state index is 10.3. The number of nitrogens with zero attached hydrogens (tertiary/aromatic N) is 1. The lowest BCUT2D eigenvalue weighted by atomic mass is 10.1. The van der Waals surface area contributed by atoms with E-state index in [4.69, 9.17) is 0 Å². The number of aryl methyl sites for hydroxylation is 2. The molecule has 1 N–H and O–H groups in total. The summed E-state index contributed by atoms with van der Waals surface area (Å²) in [4.78, 5) is 2.43. The molecule has 0 bridgehead atoms. The summed E-state index contributed by atoms with van der Waals surface area (Å²) >= 11 is 0. The maximum atomic E-state index is 10.3. The van der Waals surface area contributed by atoms with Crippen LogP contribution in [-0.2, 0) is 6.54 Å². The monoisotopic (exact) mass is 315 g/mol. The van der Waals surface area contributed by atoms with Crippen LogP contribution >= 0.6 is 8.58 Å². The third kappa shape index (κ3) is 3.88. The van der Waals surface area contributed by atoms with Crippen LogP contribution in [0.15, 0.2) is 36.4 Å². The first-order chi connectivity index (χ1) is 10.6. The molecule has 0 aromatic heterocycles. The molecule has 2 aromatic rings. The van der Waals surface area contributed by atoms with Gasteiger partial charge in [0.1, 0.15) is 5.75 Å². The van der Waals surface area contributed by atoms with Gasteiger partial charge < -0.3 is 5.11 Å². The van der Waals surface area contributed by atoms with E-state index < -0.39 is 0 Å². The van der Waals surface area contributed by atoms with Gasteiger partial charge in [-0.05, 0) is 48.9 Å². The Morgan fingerprint density at radius 1 is 0.955 bits per heavy atom. The van der Waals surface area contributed by atoms with E-state index in [9.17, 15) is 5.11 Å². The fourth-order valence-corrected chi connectivity index (χ4v) is 3.99. The highest BCUT2D eigenvalue weighted by atomic mass is 31.1. The molecule has 0 aliphatic rings. The Kier molecular flexibility index (Phi) is 5.99. The molecule has 0 aliphatic carbocycles. The highest BCUT2D eigenvalue weighted by Gasteiger charge is 2.12. The highest BCUT2D eigenvalue weighted by Crippen LogP contribution is 2.24. The second kappa shape index (κ2) is 7.76. The highest BCUT2D eigenvalue weighted by molar-refractivity contribution is 7.56. The first-order valence-corrected chi connectivity index (χ1v) is 8.93. The van der Waals surface area contributed by atoms with Crippen LogP contribution in [-0.4, -0.2) is 23.1 Å². The van der Waals surface area contributed by atoms with Gasteiger partial charge in [-0.2, -0.15) is 0 Å². The van der Waals surface area contributed by atoms with Gasteiger partial charge in [0.15, 0.2) is 0 Å². The topological polar surface area (TPSA) is 23.5 Å². The van der Waals surface area contributed by atoms with E-state index in [-0.39, 0.29) is 0 Å². The van der Waals surface area contributed by atoms with E-state index in [0.29, 0.717) is 14.3 Å². The Hall–Kier alpha value is -1.37. The average Bonchev–Trinajstić information content (AvgIpc) is 2.52. The zero-order valence-electron chi connectivity index (χ0n) is 14.0. The van der Waals surface area contributed by atoms with Gasteiger partial charge in [0.2, 0.25) is 0 Å². The van der Waals surface area contributed by atoms with Crippen molar-refractivity contribution < 1.29 is 5.11 Å². The van der Waals surface area contributed by atoms with Crippen LogP contribution in [0.25, 0.3) is 0 Å². The number of phenolic OH excluding ortho intramolecular Hbond substituents is 1. The number of para-hydroxylation sites is 1. The van der Waals surface area contributed by atoms with Crippen molar-refractivity contribution in [3.05, 3.63) is 53.1 Å². The molecular formula is C19H26NOP. The average molecular weight is 315 g/mol. The summed E-state index contributed by atoms with van der Waals surface area (Å²) in [6.07, 6.45) is 0. The largest absolute Gasteiger partial charge is 0.507 e. The van der Waals surface area contributed by atoms with Gasteiger partial charge in [-0.3, -0.25) is 4.90 Å². The van der Waals surface area contributed by atoms with Crippen LogP contribution in [0.3, 0.4) is 0 Å². The smallest absolute Gasteiger partial charge is 0.126 e. The summed E-state index contributed by atoms with van der Waals surface area (Å²) in [7, 11) is 0.495. The second-order valence-corrected chi connectivity index (χ2v) is 6.96. The Bertz CT molecular complexity index is 635. The number of hydrogen-bond acceptors (Lipinski definition) is 2. The van der Waals surface area contributed by atoms with Crippen LogP contribution in [0, 0.1) is 13.8 Å². The van der Waals surface area contributed by atoms with E-state index in [1.807, 2.05) is 25.1 Å². The summed E-state index contributed by atoms with van der Waals surface area (Å²) < 4.78 is 0. The number of phenols is 1. The van der Waals surface area contributed by atoms with Crippen molar-refractivity contribution in [2.45, 2.75) is 34.2 Å². The van der Waals surface area contributed by atoms with Crippen molar-refractivity contribution in [3.8, 4) is 5.75 Å². The molecule has 0 fully saturated rings. The third-order valence-electron chi connectivity index (χ3n) is 4.14. The van der Waals surface area contributed by atoms with Crippen molar-refractivity contribution in [1.29, 1.82) is 0 Å². The molecule has 0 spiro atoms. The third-order valence-corrected chi connectivity index (χ3v) is 5.78. The minimum absolute atomic E-state index is 0.442. The Labute approximate surface area is 136 Å². The van der Waals surface area contributed by atoms with Gasteiger partial charge in [0.25, 0.3) is 0 Å². The zero-order valence-corrected chi connectivity index (χ0v) is 15.0. The van der Waals surface area contributed by atoms with Crippen LogP contribution in [0.4, 0.5) is 0 Å². The van der Waals surface area contributed by atoms with Gasteiger partial charge >= 0.3 is 0 Å². The van der Waals surface area contributed by atoms with E-state index in [2.05, 4.69) is 43.9 Å². The zero-order chi connectivity index (χ0) is 16.1. The van der Waals surface area contributed by atoms with Crippen molar-refractivity contribution in [1.82, 2.24) is 4.90 Å². The van der Waals surface area contributed by atoms with Crippen LogP contribution in [0.5, 0.6) is 5.75 Å². The number of hydrogen-bond donors (Lipinski definition) is 1.